The number of carbonyl (C=O) groups excluding carboxylic acids is 1. The van der Waals surface area contributed by atoms with Crippen molar-refractivity contribution in [2.24, 2.45) is 0 Å². The van der Waals surface area contributed by atoms with Crippen LogP contribution in [0, 0.1) is 0 Å². The molecule has 3 N–H and O–H groups in total. The van der Waals surface area contributed by atoms with Crippen LogP contribution >= 0.6 is 15.9 Å². The van der Waals surface area contributed by atoms with E-state index in [2.05, 4.69) is 26.6 Å². The van der Waals surface area contributed by atoms with Crippen molar-refractivity contribution < 1.29 is 9.90 Å². The lowest BCUT2D eigenvalue weighted by atomic mass is 10.1. The lowest BCUT2D eigenvalue weighted by Crippen LogP contribution is -2.36. The van der Waals surface area contributed by atoms with E-state index in [9.17, 15) is 9.90 Å². The van der Waals surface area contributed by atoms with Crippen LogP contribution < -0.4 is 10.6 Å². The van der Waals surface area contributed by atoms with Gasteiger partial charge in [0.2, 0.25) is 0 Å². The molecule has 21 heavy (non-hydrogen) atoms. The average Bonchev–Trinajstić information content (AvgIpc) is 2.75. The summed E-state index contributed by atoms with van der Waals surface area (Å²) in [6.07, 6.45) is -0.0199. The number of urea groups is 1. The number of hydrogen-bond donors (Lipinski definition) is 3. The molecule has 0 spiro atoms. The maximum Gasteiger partial charge on any atom is 0.319 e. The van der Waals surface area contributed by atoms with E-state index in [0.29, 0.717) is 12.1 Å². The molecule has 2 aromatic rings. The summed E-state index contributed by atoms with van der Waals surface area (Å²) in [5, 5.41) is 15.7. The van der Waals surface area contributed by atoms with Gasteiger partial charge < -0.3 is 15.7 Å². The first kappa shape index (κ1) is 14.1. The highest BCUT2D eigenvalue weighted by atomic mass is 79.9. The van der Waals surface area contributed by atoms with Gasteiger partial charge in [0, 0.05) is 16.6 Å². The zero-order valence-corrected chi connectivity index (χ0v) is 12.8. The summed E-state index contributed by atoms with van der Waals surface area (Å²) in [6.45, 7) is 0. The zero-order chi connectivity index (χ0) is 14.8. The van der Waals surface area contributed by atoms with Crippen LogP contribution in [0.3, 0.4) is 0 Å². The lowest BCUT2D eigenvalue weighted by Gasteiger charge is -2.18. The molecule has 0 aliphatic heterocycles. The Hall–Kier alpha value is -1.85. The van der Waals surface area contributed by atoms with Crippen LogP contribution in [-0.2, 0) is 6.42 Å². The Balaban J connectivity index is 1.70. The smallest absolute Gasteiger partial charge is 0.319 e. The molecular formula is C16H15BrN2O2. The second kappa shape index (κ2) is 5.87. The third-order valence-corrected chi connectivity index (χ3v) is 4.07. The topological polar surface area (TPSA) is 61.4 Å². The van der Waals surface area contributed by atoms with E-state index in [-0.39, 0.29) is 12.1 Å². The van der Waals surface area contributed by atoms with Crippen LogP contribution in [0.1, 0.15) is 17.2 Å². The number of nitrogens with one attached hydrogen (secondary N) is 2. The molecule has 1 aliphatic rings. The van der Waals surface area contributed by atoms with Crippen molar-refractivity contribution in [3.63, 3.8) is 0 Å². The molecule has 0 radical (unpaired) electrons. The van der Waals surface area contributed by atoms with Crippen molar-refractivity contribution in [1.29, 1.82) is 0 Å². The van der Waals surface area contributed by atoms with E-state index in [1.165, 1.54) is 0 Å². The number of rotatable bonds is 2. The Morgan fingerprint density at radius 2 is 2.00 bits per heavy atom. The molecule has 0 aromatic heterocycles. The van der Waals surface area contributed by atoms with Crippen molar-refractivity contribution >= 4 is 27.6 Å². The van der Waals surface area contributed by atoms with Crippen LogP contribution in [0.15, 0.2) is 53.0 Å². The van der Waals surface area contributed by atoms with E-state index in [1.807, 2.05) is 48.5 Å². The molecule has 4 nitrogen and oxygen atoms in total. The van der Waals surface area contributed by atoms with E-state index in [4.69, 9.17) is 0 Å². The number of anilines is 1. The van der Waals surface area contributed by atoms with E-state index in [0.717, 1.165) is 15.6 Å². The van der Waals surface area contributed by atoms with Gasteiger partial charge in [-0.15, -0.1) is 0 Å². The number of aliphatic hydroxyl groups is 1. The highest BCUT2D eigenvalue weighted by molar-refractivity contribution is 9.10. The second-order valence-corrected chi connectivity index (χ2v) is 5.97. The third-order valence-electron chi connectivity index (χ3n) is 3.57. The Bertz CT molecular complexity index is 675. The first-order valence-electron chi connectivity index (χ1n) is 6.72. The standard InChI is InChI=1S/C16H15BrN2O2/c17-11-5-3-6-12(9-11)18-16(21)19-15-13-7-2-1-4-10(13)8-14(15)20/h1-7,9,14-15,20H,8H2,(H2,18,19,21)/t14-,15+/m1/s1. The SMILES string of the molecule is O=C(Nc1cccc(Br)c1)N[C@H]1c2ccccc2C[C@H]1O. The first-order valence-corrected chi connectivity index (χ1v) is 7.52. The van der Waals surface area contributed by atoms with Gasteiger partial charge in [-0.25, -0.2) is 4.79 Å². The summed E-state index contributed by atoms with van der Waals surface area (Å²) in [5.41, 5.74) is 2.76. The first-order chi connectivity index (χ1) is 10.1. The van der Waals surface area contributed by atoms with Gasteiger partial charge in [0.05, 0.1) is 12.1 Å². The van der Waals surface area contributed by atoms with Crippen molar-refractivity contribution in [3.05, 3.63) is 64.1 Å². The summed E-state index contributed by atoms with van der Waals surface area (Å²) >= 11 is 3.36. The van der Waals surface area contributed by atoms with E-state index in [1.54, 1.807) is 0 Å². The molecule has 2 aromatic carbocycles. The number of halogens is 1. The Morgan fingerprint density at radius 3 is 2.81 bits per heavy atom. The van der Waals surface area contributed by atoms with Crippen LogP contribution in [0.5, 0.6) is 0 Å². The van der Waals surface area contributed by atoms with Crippen molar-refractivity contribution in [2.75, 3.05) is 5.32 Å². The highest BCUT2D eigenvalue weighted by Gasteiger charge is 2.31. The molecule has 2 amide bonds. The lowest BCUT2D eigenvalue weighted by molar-refractivity contribution is 0.144. The molecule has 0 saturated carbocycles. The van der Waals surface area contributed by atoms with Gasteiger partial charge in [0.1, 0.15) is 0 Å². The summed E-state index contributed by atoms with van der Waals surface area (Å²) in [7, 11) is 0. The predicted octanol–water partition coefficient (Wildman–Crippen LogP) is 3.23. The van der Waals surface area contributed by atoms with Crippen LogP contribution in [0.25, 0.3) is 0 Å². The molecular weight excluding hydrogens is 332 g/mol. The fourth-order valence-corrected chi connectivity index (χ4v) is 3.02. The maximum absolute atomic E-state index is 12.1. The monoisotopic (exact) mass is 346 g/mol. The highest BCUT2D eigenvalue weighted by Crippen LogP contribution is 2.31. The fraction of sp³-hybridized carbons (Fsp3) is 0.188. The summed E-state index contributed by atoms with van der Waals surface area (Å²) in [5.74, 6) is 0. The molecule has 3 rings (SSSR count). The van der Waals surface area contributed by atoms with Crippen LogP contribution in [0.2, 0.25) is 0 Å². The fourth-order valence-electron chi connectivity index (χ4n) is 2.62. The van der Waals surface area contributed by atoms with Gasteiger partial charge in [-0.2, -0.15) is 0 Å². The predicted molar refractivity (Wildman–Crippen MR) is 85.2 cm³/mol. The number of aliphatic hydroxyl groups excluding tert-OH is 1. The largest absolute Gasteiger partial charge is 0.390 e. The molecule has 0 heterocycles. The second-order valence-electron chi connectivity index (χ2n) is 5.06. The molecule has 108 valence electrons. The molecule has 2 atom stereocenters. The third kappa shape index (κ3) is 3.09. The van der Waals surface area contributed by atoms with Crippen LogP contribution in [0.4, 0.5) is 10.5 Å². The average molecular weight is 347 g/mol. The van der Waals surface area contributed by atoms with Gasteiger partial charge >= 0.3 is 6.03 Å². The molecule has 0 unspecified atom stereocenters. The molecule has 5 heteroatoms. The number of hydrogen-bond acceptors (Lipinski definition) is 2. The molecule has 0 saturated heterocycles. The minimum absolute atomic E-state index is 0.325. The molecule has 1 aliphatic carbocycles. The minimum atomic E-state index is -0.587. The number of fused-ring (bicyclic) bond motifs is 1. The van der Waals surface area contributed by atoms with Crippen molar-refractivity contribution in [3.8, 4) is 0 Å². The minimum Gasteiger partial charge on any atom is -0.390 e. The Kier molecular flexibility index (Phi) is 3.94. The Labute approximate surface area is 131 Å². The normalized spacial score (nSPS) is 19.9. The summed E-state index contributed by atoms with van der Waals surface area (Å²) in [6, 6.07) is 14.4. The quantitative estimate of drug-likeness (QED) is 0.781. The van der Waals surface area contributed by atoms with Gasteiger partial charge in [-0.1, -0.05) is 46.3 Å². The molecule has 0 fully saturated rings. The van der Waals surface area contributed by atoms with Gasteiger partial charge in [-0.05, 0) is 29.3 Å². The Morgan fingerprint density at radius 1 is 1.19 bits per heavy atom. The van der Waals surface area contributed by atoms with Gasteiger partial charge in [0.25, 0.3) is 0 Å². The summed E-state index contributed by atoms with van der Waals surface area (Å²) in [4.78, 5) is 12.1. The molecule has 0 bridgehead atoms. The number of benzene rings is 2. The van der Waals surface area contributed by atoms with E-state index >= 15 is 0 Å². The maximum atomic E-state index is 12.1. The number of amides is 2. The zero-order valence-electron chi connectivity index (χ0n) is 11.2. The van der Waals surface area contributed by atoms with Crippen molar-refractivity contribution in [1.82, 2.24) is 5.32 Å². The van der Waals surface area contributed by atoms with E-state index < -0.39 is 6.10 Å². The summed E-state index contributed by atoms with van der Waals surface area (Å²) < 4.78 is 0.895. The number of carbonyl (C=O) groups is 1. The van der Waals surface area contributed by atoms with Crippen molar-refractivity contribution in [2.45, 2.75) is 18.6 Å². The van der Waals surface area contributed by atoms with Gasteiger partial charge in [0.15, 0.2) is 0 Å². The van der Waals surface area contributed by atoms with Crippen LogP contribution in [-0.4, -0.2) is 17.2 Å². The van der Waals surface area contributed by atoms with Gasteiger partial charge in [-0.3, -0.25) is 0 Å².